The summed E-state index contributed by atoms with van der Waals surface area (Å²) in [7, 11) is -4.96. The van der Waals surface area contributed by atoms with E-state index in [1.807, 2.05) is 27.7 Å². The average Bonchev–Trinajstić information content (AvgIpc) is 3.55. The third-order valence-corrected chi connectivity index (χ3v) is 8.22. The minimum atomic E-state index is -4.96. The number of benzene rings is 1. The first-order chi connectivity index (χ1) is 19.6. The fourth-order valence-corrected chi connectivity index (χ4v) is 5.66. The Morgan fingerprint density at radius 2 is 1.83 bits per heavy atom. The van der Waals surface area contributed by atoms with Crippen molar-refractivity contribution in [2.75, 3.05) is 6.54 Å². The number of likely N-dealkylation sites (tertiary alicyclic amines) is 1. The predicted octanol–water partition coefficient (Wildman–Crippen LogP) is 3.01. The molecule has 2 aromatic rings. The van der Waals surface area contributed by atoms with Gasteiger partial charge < -0.3 is 36.0 Å². The molecular formula is C29H42N5O7P. The standard InChI is InChI=1S/C29H42N5O7P/c1-16(2)13-24(28(37)34-12-6-7-25(34)27(36)32-21(17(3)4)10-8-18(5)30)33-26(35)23-15-20-14-19(9-11-22(20)31-23)29(38)42(39,40)41/h9,11,14-17,21,24-25,31H,5-8,10,12-13,30H2,1-4H3,(H,32,36)(H,33,35)(H2,39,40,41)/t21-,24-,25-/m0/s1. The number of nitrogens with zero attached hydrogens (tertiary/aromatic N) is 1. The molecule has 0 saturated carbocycles. The monoisotopic (exact) mass is 603 g/mol. The van der Waals surface area contributed by atoms with Gasteiger partial charge in [0.1, 0.15) is 17.8 Å². The van der Waals surface area contributed by atoms with Crippen LogP contribution in [0.2, 0.25) is 0 Å². The van der Waals surface area contributed by atoms with Crippen LogP contribution in [0.4, 0.5) is 0 Å². The van der Waals surface area contributed by atoms with Crippen LogP contribution in [0.25, 0.3) is 10.9 Å². The zero-order valence-electron chi connectivity index (χ0n) is 24.6. The van der Waals surface area contributed by atoms with Gasteiger partial charge in [-0.2, -0.15) is 0 Å². The van der Waals surface area contributed by atoms with E-state index in [9.17, 15) is 33.5 Å². The number of nitrogens with two attached hydrogens (primary N) is 1. The van der Waals surface area contributed by atoms with Gasteiger partial charge in [0.25, 0.3) is 11.4 Å². The Morgan fingerprint density at radius 3 is 2.43 bits per heavy atom. The predicted molar refractivity (Wildman–Crippen MR) is 159 cm³/mol. The third kappa shape index (κ3) is 8.30. The Morgan fingerprint density at radius 1 is 1.14 bits per heavy atom. The number of rotatable bonds is 13. The Labute approximate surface area is 245 Å². The Bertz CT molecular complexity index is 1400. The van der Waals surface area contributed by atoms with E-state index in [4.69, 9.17) is 5.73 Å². The molecule has 1 aliphatic rings. The van der Waals surface area contributed by atoms with E-state index < -0.39 is 31.1 Å². The second-order valence-electron chi connectivity index (χ2n) is 11.7. The Hall–Kier alpha value is -3.47. The Kier molecular flexibility index (Phi) is 10.8. The lowest BCUT2D eigenvalue weighted by Crippen LogP contribution is -2.55. The molecule has 0 bridgehead atoms. The first kappa shape index (κ1) is 33.0. The maximum absolute atomic E-state index is 13.8. The van der Waals surface area contributed by atoms with Crippen LogP contribution in [0.15, 0.2) is 36.5 Å². The lowest BCUT2D eigenvalue weighted by Gasteiger charge is -2.31. The van der Waals surface area contributed by atoms with Crippen LogP contribution >= 0.6 is 7.60 Å². The number of fused-ring (bicyclic) bond motifs is 1. The van der Waals surface area contributed by atoms with Crippen molar-refractivity contribution in [1.29, 1.82) is 0 Å². The van der Waals surface area contributed by atoms with Gasteiger partial charge in [-0.25, -0.2) is 0 Å². The lowest BCUT2D eigenvalue weighted by molar-refractivity contribution is -0.140. The van der Waals surface area contributed by atoms with Gasteiger partial charge in [0.05, 0.1) is 0 Å². The molecule has 0 spiro atoms. The highest BCUT2D eigenvalue weighted by Crippen LogP contribution is 2.39. The van der Waals surface area contributed by atoms with Crippen LogP contribution in [-0.2, 0) is 14.2 Å². The van der Waals surface area contributed by atoms with Crippen LogP contribution in [0.5, 0.6) is 0 Å². The van der Waals surface area contributed by atoms with Gasteiger partial charge in [-0.15, -0.1) is 0 Å². The first-order valence-corrected chi connectivity index (χ1v) is 15.8. The SMILES string of the molecule is C=C(N)CC[C@H](NC(=O)[C@@H]1CCCN1C(=O)[C@H](CC(C)C)NC(=O)c1cc2cc(C(=O)P(=O)(O)O)ccc2[nH]1)C(C)C. The molecule has 0 radical (unpaired) electrons. The molecule has 3 amide bonds. The summed E-state index contributed by atoms with van der Waals surface area (Å²) in [4.78, 5) is 75.2. The molecule has 13 heteroatoms. The molecule has 0 aliphatic carbocycles. The van der Waals surface area contributed by atoms with Crippen molar-refractivity contribution >= 4 is 41.7 Å². The molecule has 1 aliphatic heterocycles. The molecule has 1 saturated heterocycles. The van der Waals surface area contributed by atoms with Crippen molar-refractivity contribution in [3.63, 3.8) is 0 Å². The van der Waals surface area contributed by atoms with Crippen molar-refractivity contribution in [3.05, 3.63) is 47.8 Å². The largest absolute Gasteiger partial charge is 0.403 e. The van der Waals surface area contributed by atoms with Crippen LogP contribution in [-0.4, -0.2) is 67.6 Å². The highest BCUT2D eigenvalue weighted by molar-refractivity contribution is 7.70. The zero-order chi connectivity index (χ0) is 31.4. The van der Waals surface area contributed by atoms with Crippen molar-refractivity contribution in [2.24, 2.45) is 17.6 Å². The van der Waals surface area contributed by atoms with E-state index in [2.05, 4.69) is 22.2 Å². The number of aromatic nitrogens is 1. The van der Waals surface area contributed by atoms with Crippen LogP contribution < -0.4 is 16.4 Å². The zero-order valence-corrected chi connectivity index (χ0v) is 25.4. The molecule has 42 heavy (non-hydrogen) atoms. The quantitative estimate of drug-likeness (QED) is 0.188. The maximum Gasteiger partial charge on any atom is 0.396 e. The summed E-state index contributed by atoms with van der Waals surface area (Å²) < 4.78 is 11.4. The van der Waals surface area contributed by atoms with Gasteiger partial charge in [0, 0.05) is 34.8 Å². The number of aromatic amines is 1. The Balaban J connectivity index is 1.77. The van der Waals surface area contributed by atoms with Crippen molar-refractivity contribution in [3.8, 4) is 0 Å². The molecule has 7 N–H and O–H groups in total. The minimum absolute atomic E-state index is 0.0627. The summed E-state index contributed by atoms with van der Waals surface area (Å²) in [6.45, 7) is 12.0. The smallest absolute Gasteiger partial charge is 0.396 e. The van der Waals surface area contributed by atoms with Gasteiger partial charge >= 0.3 is 7.60 Å². The van der Waals surface area contributed by atoms with Crippen LogP contribution in [0.3, 0.4) is 0 Å². The van der Waals surface area contributed by atoms with Crippen molar-refractivity contribution < 1.29 is 33.5 Å². The highest BCUT2D eigenvalue weighted by atomic mass is 31.2. The summed E-state index contributed by atoms with van der Waals surface area (Å²) in [5.41, 5.74) is 5.37. The first-order valence-electron chi connectivity index (χ1n) is 14.2. The molecule has 3 atom stereocenters. The molecule has 2 heterocycles. The second kappa shape index (κ2) is 13.7. The fraction of sp³-hybridized carbons (Fsp3) is 0.517. The van der Waals surface area contributed by atoms with Gasteiger partial charge in [-0.1, -0.05) is 34.3 Å². The number of nitrogens with one attached hydrogen (secondary N) is 3. The molecule has 1 aromatic carbocycles. The summed E-state index contributed by atoms with van der Waals surface area (Å²) in [5.74, 6) is -0.901. The van der Waals surface area contributed by atoms with E-state index in [1.54, 1.807) is 4.90 Å². The molecular weight excluding hydrogens is 561 g/mol. The van der Waals surface area contributed by atoms with E-state index in [-0.39, 0.29) is 40.9 Å². The molecule has 3 rings (SSSR count). The van der Waals surface area contributed by atoms with Gasteiger partial charge in [0.15, 0.2) is 0 Å². The third-order valence-electron chi connectivity index (χ3n) is 7.43. The molecule has 1 aromatic heterocycles. The number of H-pyrrole nitrogens is 1. The van der Waals surface area contributed by atoms with Crippen LogP contribution in [0, 0.1) is 11.8 Å². The summed E-state index contributed by atoms with van der Waals surface area (Å²) >= 11 is 0. The number of hydrogen-bond acceptors (Lipinski definition) is 6. The molecule has 230 valence electrons. The van der Waals surface area contributed by atoms with Crippen molar-refractivity contribution in [2.45, 2.75) is 77.9 Å². The van der Waals surface area contributed by atoms with E-state index in [1.165, 1.54) is 24.3 Å². The second-order valence-corrected chi connectivity index (χ2v) is 13.2. The van der Waals surface area contributed by atoms with E-state index in [0.29, 0.717) is 55.2 Å². The number of allylic oxidation sites excluding steroid dienone is 1. The number of carbonyl (C=O) groups excluding carboxylic acids is 4. The van der Waals surface area contributed by atoms with Gasteiger partial charge in [-0.3, -0.25) is 23.7 Å². The van der Waals surface area contributed by atoms with Gasteiger partial charge in [0.2, 0.25) is 11.8 Å². The summed E-state index contributed by atoms with van der Waals surface area (Å²) in [6, 6.07) is 3.80. The van der Waals surface area contributed by atoms with E-state index in [0.717, 1.165) is 0 Å². The molecule has 0 unspecified atom stereocenters. The number of carbonyl (C=O) groups is 4. The molecule has 1 fully saturated rings. The normalized spacial score (nSPS) is 17.0. The van der Waals surface area contributed by atoms with E-state index >= 15 is 0 Å². The number of amides is 3. The minimum Gasteiger partial charge on any atom is -0.403 e. The lowest BCUT2D eigenvalue weighted by atomic mass is 9.97. The molecule has 12 nitrogen and oxygen atoms in total. The fourth-order valence-electron chi connectivity index (χ4n) is 5.18. The summed E-state index contributed by atoms with van der Waals surface area (Å²) in [5, 5.41) is 6.30. The van der Waals surface area contributed by atoms with Crippen LogP contribution in [0.1, 0.15) is 80.6 Å². The summed E-state index contributed by atoms with van der Waals surface area (Å²) in [6.07, 6.45) is 2.75. The average molecular weight is 604 g/mol. The van der Waals surface area contributed by atoms with Gasteiger partial charge in [-0.05, 0) is 68.2 Å². The highest BCUT2D eigenvalue weighted by Gasteiger charge is 2.38. The van der Waals surface area contributed by atoms with Crippen molar-refractivity contribution in [1.82, 2.24) is 20.5 Å². The topological polar surface area (TPSA) is 195 Å². The maximum atomic E-state index is 13.8. The number of hydrogen-bond donors (Lipinski definition) is 6.